The second kappa shape index (κ2) is 5.46. The van der Waals surface area contributed by atoms with Crippen molar-refractivity contribution in [3.63, 3.8) is 0 Å². The van der Waals surface area contributed by atoms with E-state index in [0.29, 0.717) is 26.2 Å². The maximum Gasteiger partial charge on any atom is 0.153 e. The van der Waals surface area contributed by atoms with Gasteiger partial charge < -0.3 is 10.1 Å². The van der Waals surface area contributed by atoms with Gasteiger partial charge in [-0.05, 0) is 12.8 Å². The van der Waals surface area contributed by atoms with Crippen molar-refractivity contribution < 1.29 is 17.9 Å². The molecule has 2 heterocycles. The number of rotatable bonds is 3. The molecule has 0 spiro atoms. The van der Waals surface area contributed by atoms with Gasteiger partial charge in [-0.1, -0.05) is 0 Å². The smallest absolute Gasteiger partial charge is 0.153 e. The van der Waals surface area contributed by atoms with Crippen LogP contribution in [0.5, 0.6) is 0 Å². The van der Waals surface area contributed by atoms with E-state index in [1.54, 1.807) is 0 Å². The second-order valence-corrected chi connectivity index (χ2v) is 7.05. The first-order valence-corrected chi connectivity index (χ1v) is 7.93. The lowest BCUT2D eigenvalue weighted by Gasteiger charge is -2.26. The second-order valence-electron chi connectivity index (χ2n) is 4.82. The molecular weight excluding hydrogens is 242 g/mol. The Balaban J connectivity index is 1.85. The van der Waals surface area contributed by atoms with Gasteiger partial charge in [0.1, 0.15) is 5.78 Å². The van der Waals surface area contributed by atoms with Gasteiger partial charge in [-0.3, -0.25) is 4.79 Å². The molecular formula is C11H19NO4S. The predicted molar refractivity (Wildman–Crippen MR) is 63.6 cm³/mol. The van der Waals surface area contributed by atoms with Gasteiger partial charge in [0.15, 0.2) is 9.84 Å². The van der Waals surface area contributed by atoms with Crippen molar-refractivity contribution in [2.24, 2.45) is 5.92 Å². The van der Waals surface area contributed by atoms with Crippen LogP contribution in [0.4, 0.5) is 0 Å². The van der Waals surface area contributed by atoms with Crippen molar-refractivity contribution >= 4 is 15.6 Å². The van der Waals surface area contributed by atoms with Crippen molar-refractivity contribution in [1.82, 2.24) is 5.32 Å². The zero-order chi connectivity index (χ0) is 12.3. The molecule has 1 unspecified atom stereocenters. The fraction of sp³-hybridized carbons (Fsp3) is 0.909. The summed E-state index contributed by atoms with van der Waals surface area (Å²) in [6, 6.07) is -0.191. The van der Waals surface area contributed by atoms with Crippen LogP contribution < -0.4 is 5.32 Å². The number of Topliss-reactive ketones (excluding diaryl/α,β-unsaturated/α-hetero) is 1. The molecule has 0 aromatic carbocycles. The predicted octanol–water partition coefficient (Wildman–Crippen LogP) is -0.241. The third-order valence-electron chi connectivity index (χ3n) is 3.43. The van der Waals surface area contributed by atoms with E-state index in [1.807, 2.05) is 0 Å². The minimum atomic E-state index is -2.95. The Morgan fingerprint density at radius 1 is 1.29 bits per heavy atom. The number of ether oxygens (including phenoxy) is 1. The van der Waals surface area contributed by atoms with E-state index in [2.05, 4.69) is 5.32 Å². The summed E-state index contributed by atoms with van der Waals surface area (Å²) in [5.41, 5.74) is 0. The van der Waals surface area contributed by atoms with Gasteiger partial charge in [0.05, 0.1) is 11.5 Å². The molecule has 2 fully saturated rings. The molecule has 5 nitrogen and oxygen atoms in total. The van der Waals surface area contributed by atoms with Gasteiger partial charge in [0.25, 0.3) is 0 Å². The number of hydrogen-bond donors (Lipinski definition) is 1. The molecule has 17 heavy (non-hydrogen) atoms. The highest BCUT2D eigenvalue weighted by Gasteiger charge is 2.29. The van der Waals surface area contributed by atoms with Gasteiger partial charge in [-0.2, -0.15) is 0 Å². The van der Waals surface area contributed by atoms with Crippen LogP contribution in [-0.4, -0.2) is 51.5 Å². The van der Waals surface area contributed by atoms with Crippen molar-refractivity contribution in [3.8, 4) is 0 Å². The molecule has 0 amide bonds. The minimum absolute atomic E-state index is 0.0650. The standard InChI is InChI=1S/C11H19NO4S/c13-11(9-1-4-16-5-2-9)7-10-8-17(14,15)6-3-12-10/h9-10,12H,1-8H2. The third kappa shape index (κ3) is 3.76. The SMILES string of the molecule is O=C(CC1CS(=O)(=O)CCN1)C1CCOCC1. The molecule has 2 rings (SSSR count). The van der Waals surface area contributed by atoms with Gasteiger partial charge in [-0.15, -0.1) is 0 Å². The molecule has 2 saturated heterocycles. The Hall–Kier alpha value is -0.460. The molecule has 2 aliphatic heterocycles. The van der Waals surface area contributed by atoms with E-state index < -0.39 is 9.84 Å². The van der Waals surface area contributed by atoms with Crippen LogP contribution in [0.25, 0.3) is 0 Å². The van der Waals surface area contributed by atoms with E-state index >= 15 is 0 Å². The first kappa shape index (κ1) is 13.0. The number of sulfone groups is 1. The number of nitrogens with one attached hydrogen (secondary N) is 1. The molecule has 0 aromatic heterocycles. The molecule has 6 heteroatoms. The van der Waals surface area contributed by atoms with Gasteiger partial charge >= 0.3 is 0 Å². The summed E-state index contributed by atoms with van der Waals surface area (Å²) in [6.07, 6.45) is 1.89. The molecule has 2 aliphatic rings. The Kier molecular flexibility index (Phi) is 4.17. The largest absolute Gasteiger partial charge is 0.381 e. The summed E-state index contributed by atoms with van der Waals surface area (Å²) >= 11 is 0. The van der Waals surface area contributed by atoms with Crippen LogP contribution in [0.2, 0.25) is 0 Å². The lowest BCUT2D eigenvalue weighted by molar-refractivity contribution is -0.126. The normalized spacial score (nSPS) is 30.0. The first-order chi connectivity index (χ1) is 8.07. The van der Waals surface area contributed by atoms with E-state index in [9.17, 15) is 13.2 Å². The lowest BCUT2D eigenvalue weighted by atomic mass is 9.92. The Morgan fingerprint density at radius 3 is 2.65 bits per heavy atom. The Morgan fingerprint density at radius 2 is 2.00 bits per heavy atom. The van der Waals surface area contributed by atoms with E-state index in [1.165, 1.54) is 0 Å². The fourth-order valence-electron chi connectivity index (χ4n) is 2.43. The van der Waals surface area contributed by atoms with Gasteiger partial charge in [-0.25, -0.2) is 8.42 Å². The summed E-state index contributed by atoms with van der Waals surface area (Å²) in [6.45, 7) is 1.76. The average molecular weight is 261 g/mol. The van der Waals surface area contributed by atoms with E-state index in [4.69, 9.17) is 4.74 Å². The van der Waals surface area contributed by atoms with Crippen LogP contribution in [-0.2, 0) is 19.4 Å². The maximum absolute atomic E-state index is 12.0. The number of ketones is 1. The summed E-state index contributed by atoms with van der Waals surface area (Å²) in [4.78, 5) is 12.0. The van der Waals surface area contributed by atoms with Crippen LogP contribution >= 0.6 is 0 Å². The van der Waals surface area contributed by atoms with E-state index in [0.717, 1.165) is 12.8 Å². The van der Waals surface area contributed by atoms with Gasteiger partial charge in [0.2, 0.25) is 0 Å². The van der Waals surface area contributed by atoms with E-state index in [-0.39, 0.29) is 29.2 Å². The third-order valence-corrected chi connectivity index (χ3v) is 5.16. The Labute approximate surface area is 102 Å². The highest BCUT2D eigenvalue weighted by atomic mass is 32.2. The van der Waals surface area contributed by atoms with Crippen molar-refractivity contribution in [1.29, 1.82) is 0 Å². The number of carbonyl (C=O) groups excluding carboxylic acids is 1. The highest BCUT2D eigenvalue weighted by Crippen LogP contribution is 2.19. The average Bonchev–Trinajstić information content (AvgIpc) is 2.29. The van der Waals surface area contributed by atoms with Crippen LogP contribution in [0, 0.1) is 5.92 Å². The quantitative estimate of drug-likeness (QED) is 0.759. The maximum atomic E-state index is 12.0. The zero-order valence-electron chi connectivity index (χ0n) is 9.85. The minimum Gasteiger partial charge on any atom is -0.381 e. The molecule has 0 aromatic rings. The van der Waals surface area contributed by atoms with Crippen molar-refractivity contribution in [2.45, 2.75) is 25.3 Å². The summed E-state index contributed by atoms with van der Waals surface area (Å²) in [5.74, 6) is 0.537. The van der Waals surface area contributed by atoms with Crippen molar-refractivity contribution in [3.05, 3.63) is 0 Å². The topological polar surface area (TPSA) is 72.5 Å². The molecule has 0 saturated carbocycles. The first-order valence-electron chi connectivity index (χ1n) is 6.11. The molecule has 0 aliphatic carbocycles. The summed E-state index contributed by atoms with van der Waals surface area (Å²) in [5, 5.41) is 3.11. The van der Waals surface area contributed by atoms with Crippen LogP contribution in [0.3, 0.4) is 0 Å². The fourth-order valence-corrected chi connectivity index (χ4v) is 3.87. The highest BCUT2D eigenvalue weighted by molar-refractivity contribution is 7.91. The molecule has 1 N–H and O–H groups in total. The zero-order valence-corrected chi connectivity index (χ0v) is 10.7. The molecule has 0 radical (unpaired) electrons. The Bertz CT molecular complexity index is 373. The monoisotopic (exact) mass is 261 g/mol. The summed E-state index contributed by atoms with van der Waals surface area (Å²) < 4.78 is 28.1. The molecule has 1 atom stereocenters. The molecule has 0 bridgehead atoms. The lowest BCUT2D eigenvalue weighted by Crippen LogP contribution is -2.46. The van der Waals surface area contributed by atoms with Crippen LogP contribution in [0.15, 0.2) is 0 Å². The van der Waals surface area contributed by atoms with Gasteiger partial charge in [0, 0.05) is 38.1 Å². The van der Waals surface area contributed by atoms with Crippen molar-refractivity contribution in [2.75, 3.05) is 31.3 Å². The van der Waals surface area contributed by atoms with Crippen LogP contribution in [0.1, 0.15) is 19.3 Å². The summed E-state index contributed by atoms with van der Waals surface area (Å²) in [7, 11) is -2.95. The molecule has 98 valence electrons. The number of hydrogen-bond acceptors (Lipinski definition) is 5. The number of carbonyl (C=O) groups is 1.